The van der Waals surface area contributed by atoms with Crippen LogP contribution in [0.4, 0.5) is 11.4 Å². The predicted octanol–water partition coefficient (Wildman–Crippen LogP) is 3.73. The maximum atomic E-state index is 12.2. The highest BCUT2D eigenvalue weighted by Gasteiger charge is 2.13. The quantitative estimate of drug-likeness (QED) is 0.547. The number of fused-ring (bicyclic) bond motifs is 1. The summed E-state index contributed by atoms with van der Waals surface area (Å²) in [4.78, 5) is 16.3. The van der Waals surface area contributed by atoms with Crippen molar-refractivity contribution in [2.75, 3.05) is 11.1 Å². The lowest BCUT2D eigenvalue weighted by atomic mass is 10.2. The fourth-order valence-corrected chi connectivity index (χ4v) is 2.21. The molecule has 0 aliphatic carbocycles. The molecule has 3 rings (SSSR count). The topological polar surface area (TPSA) is 81.2 Å². The second kappa shape index (κ2) is 5.21. The van der Waals surface area contributed by atoms with E-state index in [9.17, 15) is 4.79 Å². The zero-order chi connectivity index (χ0) is 15.0. The van der Waals surface area contributed by atoms with Crippen LogP contribution >= 0.6 is 15.9 Å². The van der Waals surface area contributed by atoms with E-state index in [1.807, 2.05) is 13.0 Å². The Morgan fingerprint density at radius 1 is 1.33 bits per heavy atom. The normalized spacial score (nSPS) is 10.8. The molecule has 5 nitrogen and oxygen atoms in total. The van der Waals surface area contributed by atoms with Gasteiger partial charge >= 0.3 is 0 Å². The van der Waals surface area contributed by atoms with Gasteiger partial charge in [0.15, 0.2) is 5.76 Å². The summed E-state index contributed by atoms with van der Waals surface area (Å²) in [6, 6.07) is 8.74. The molecule has 3 N–H and O–H groups in total. The molecule has 3 aromatic rings. The number of furan rings is 1. The monoisotopic (exact) mass is 345 g/mol. The molecule has 0 bridgehead atoms. The summed E-state index contributed by atoms with van der Waals surface area (Å²) in [5.74, 6) is -0.0931. The number of carbonyl (C=O) groups is 1. The lowest BCUT2D eigenvalue weighted by molar-refractivity contribution is 0.0998. The molecular weight excluding hydrogens is 334 g/mol. The van der Waals surface area contributed by atoms with Crippen LogP contribution in [0.3, 0.4) is 0 Å². The second-order valence-electron chi connectivity index (χ2n) is 4.69. The first kappa shape index (κ1) is 13.6. The Hall–Kier alpha value is -2.34. The van der Waals surface area contributed by atoms with Gasteiger partial charge in [-0.1, -0.05) is 0 Å². The van der Waals surface area contributed by atoms with Gasteiger partial charge in [0, 0.05) is 11.1 Å². The van der Waals surface area contributed by atoms with E-state index >= 15 is 0 Å². The van der Waals surface area contributed by atoms with Crippen LogP contribution in [0, 0.1) is 6.92 Å². The zero-order valence-electron chi connectivity index (χ0n) is 11.2. The lowest BCUT2D eigenvalue weighted by Crippen LogP contribution is -2.11. The molecule has 2 heterocycles. The third-order valence-electron chi connectivity index (χ3n) is 3.04. The van der Waals surface area contributed by atoms with Crippen LogP contribution in [0.2, 0.25) is 0 Å². The van der Waals surface area contributed by atoms with Crippen molar-refractivity contribution in [1.29, 1.82) is 0 Å². The van der Waals surface area contributed by atoms with E-state index in [2.05, 4.69) is 26.2 Å². The Morgan fingerprint density at radius 3 is 2.90 bits per heavy atom. The molecule has 0 saturated heterocycles. The van der Waals surface area contributed by atoms with Crippen molar-refractivity contribution in [3.8, 4) is 0 Å². The summed E-state index contributed by atoms with van der Waals surface area (Å²) < 4.78 is 6.26. The molecule has 1 amide bonds. The number of nitrogens with zero attached hydrogens (tertiary/aromatic N) is 1. The van der Waals surface area contributed by atoms with E-state index in [1.165, 1.54) is 0 Å². The van der Waals surface area contributed by atoms with Crippen LogP contribution in [-0.4, -0.2) is 10.9 Å². The number of nitrogens with two attached hydrogens (primary N) is 1. The fraction of sp³-hybridized carbons (Fsp3) is 0.0667. The average Bonchev–Trinajstić information content (AvgIpc) is 2.86. The maximum Gasteiger partial charge on any atom is 0.291 e. The molecular formula is C15H12BrN3O2. The number of rotatable bonds is 2. The fourth-order valence-electron chi connectivity index (χ4n) is 1.99. The van der Waals surface area contributed by atoms with Gasteiger partial charge in [-0.15, -0.1) is 0 Å². The van der Waals surface area contributed by atoms with Gasteiger partial charge in [0.1, 0.15) is 10.2 Å². The number of hydrogen-bond acceptors (Lipinski definition) is 4. The second-order valence-corrected chi connectivity index (χ2v) is 5.44. The third kappa shape index (κ3) is 2.75. The molecule has 0 aliphatic rings. The highest BCUT2D eigenvalue weighted by molar-refractivity contribution is 9.10. The Kier molecular flexibility index (Phi) is 3.39. The highest BCUT2D eigenvalue weighted by Crippen LogP contribution is 2.23. The van der Waals surface area contributed by atoms with E-state index in [0.29, 0.717) is 17.0 Å². The SMILES string of the molecule is Cc1cc(NC(=O)c2cc3cc(N)ccc3o2)cnc1Br. The third-order valence-corrected chi connectivity index (χ3v) is 3.87. The number of nitrogen functional groups attached to an aromatic ring is 1. The molecule has 0 spiro atoms. The Balaban J connectivity index is 1.87. The van der Waals surface area contributed by atoms with Crippen LogP contribution in [0.5, 0.6) is 0 Å². The number of aryl methyl sites for hydroxylation is 1. The summed E-state index contributed by atoms with van der Waals surface area (Å²) in [5.41, 5.74) is 8.51. The minimum atomic E-state index is -0.326. The smallest absolute Gasteiger partial charge is 0.291 e. The molecule has 0 atom stereocenters. The molecule has 1 aromatic carbocycles. The van der Waals surface area contributed by atoms with Crippen LogP contribution < -0.4 is 11.1 Å². The highest BCUT2D eigenvalue weighted by atomic mass is 79.9. The standard InChI is InChI=1S/C15H12BrN3O2/c1-8-4-11(7-18-14(8)16)19-15(20)13-6-9-5-10(17)2-3-12(9)21-13/h2-7H,17H2,1H3,(H,19,20). The molecule has 106 valence electrons. The summed E-state index contributed by atoms with van der Waals surface area (Å²) in [6.07, 6.45) is 1.58. The molecule has 21 heavy (non-hydrogen) atoms. The lowest BCUT2D eigenvalue weighted by Gasteiger charge is -2.04. The first-order chi connectivity index (χ1) is 10.0. The zero-order valence-corrected chi connectivity index (χ0v) is 12.8. The van der Waals surface area contributed by atoms with Crippen LogP contribution in [0.25, 0.3) is 11.0 Å². The summed E-state index contributed by atoms with van der Waals surface area (Å²) in [6.45, 7) is 1.90. The number of anilines is 2. The summed E-state index contributed by atoms with van der Waals surface area (Å²) in [5, 5.41) is 3.55. The van der Waals surface area contributed by atoms with E-state index in [1.54, 1.807) is 30.5 Å². The largest absolute Gasteiger partial charge is 0.451 e. The number of benzene rings is 1. The first-order valence-corrected chi connectivity index (χ1v) is 7.05. The van der Waals surface area contributed by atoms with Gasteiger partial charge in [0.2, 0.25) is 0 Å². The van der Waals surface area contributed by atoms with Crippen molar-refractivity contribution in [2.24, 2.45) is 0 Å². The number of aromatic nitrogens is 1. The minimum Gasteiger partial charge on any atom is -0.451 e. The van der Waals surface area contributed by atoms with E-state index in [4.69, 9.17) is 10.2 Å². The summed E-state index contributed by atoms with van der Waals surface area (Å²) >= 11 is 3.32. The number of hydrogen-bond donors (Lipinski definition) is 2. The molecule has 2 aromatic heterocycles. The van der Waals surface area contributed by atoms with Crippen LogP contribution in [0.1, 0.15) is 16.1 Å². The Morgan fingerprint density at radius 2 is 2.14 bits per heavy atom. The molecule has 6 heteroatoms. The number of carbonyl (C=O) groups excluding carboxylic acids is 1. The van der Waals surface area contributed by atoms with Gasteiger partial charge in [-0.2, -0.15) is 0 Å². The van der Waals surface area contributed by atoms with Gasteiger partial charge in [0.25, 0.3) is 5.91 Å². The molecule has 0 aliphatic heterocycles. The van der Waals surface area contributed by atoms with Crippen molar-refractivity contribution < 1.29 is 9.21 Å². The van der Waals surface area contributed by atoms with Crippen molar-refractivity contribution in [2.45, 2.75) is 6.92 Å². The van der Waals surface area contributed by atoms with E-state index in [0.717, 1.165) is 15.6 Å². The van der Waals surface area contributed by atoms with Crippen molar-refractivity contribution in [3.63, 3.8) is 0 Å². The van der Waals surface area contributed by atoms with Crippen molar-refractivity contribution in [1.82, 2.24) is 4.98 Å². The number of halogens is 1. The van der Waals surface area contributed by atoms with Crippen molar-refractivity contribution in [3.05, 3.63) is 52.5 Å². The van der Waals surface area contributed by atoms with E-state index in [-0.39, 0.29) is 11.7 Å². The summed E-state index contributed by atoms with van der Waals surface area (Å²) in [7, 11) is 0. The van der Waals surface area contributed by atoms with Gasteiger partial charge in [-0.25, -0.2) is 4.98 Å². The first-order valence-electron chi connectivity index (χ1n) is 6.25. The van der Waals surface area contributed by atoms with E-state index < -0.39 is 0 Å². The number of nitrogens with one attached hydrogen (secondary N) is 1. The Labute approximate surface area is 129 Å². The average molecular weight is 346 g/mol. The molecule has 0 radical (unpaired) electrons. The predicted molar refractivity (Wildman–Crippen MR) is 85.3 cm³/mol. The molecule has 0 fully saturated rings. The van der Waals surface area contributed by atoms with Gasteiger partial charge in [0.05, 0.1) is 11.9 Å². The van der Waals surface area contributed by atoms with Crippen LogP contribution in [-0.2, 0) is 0 Å². The maximum absolute atomic E-state index is 12.2. The molecule has 0 unspecified atom stereocenters. The van der Waals surface area contributed by atoms with Gasteiger partial charge in [-0.3, -0.25) is 4.79 Å². The van der Waals surface area contributed by atoms with Gasteiger partial charge < -0.3 is 15.5 Å². The number of amides is 1. The van der Waals surface area contributed by atoms with Crippen LogP contribution in [0.15, 0.2) is 45.5 Å². The minimum absolute atomic E-state index is 0.233. The number of pyridine rings is 1. The van der Waals surface area contributed by atoms with Crippen molar-refractivity contribution >= 4 is 44.2 Å². The van der Waals surface area contributed by atoms with Gasteiger partial charge in [-0.05, 0) is 58.7 Å². The molecule has 0 saturated carbocycles. The Bertz CT molecular complexity index is 842.